The van der Waals surface area contributed by atoms with E-state index in [1.807, 2.05) is 24.1 Å². The van der Waals surface area contributed by atoms with E-state index in [4.69, 9.17) is 0 Å². The van der Waals surface area contributed by atoms with Gasteiger partial charge in [-0.3, -0.25) is 4.79 Å². The minimum atomic E-state index is -0.0307. The zero-order valence-corrected chi connectivity index (χ0v) is 16.5. The molecular formula is C19H26N8O. The van der Waals surface area contributed by atoms with E-state index in [1.54, 1.807) is 6.33 Å². The maximum Gasteiger partial charge on any atom is 0.272 e. The van der Waals surface area contributed by atoms with Crippen molar-refractivity contribution in [3.8, 4) is 0 Å². The van der Waals surface area contributed by atoms with Crippen molar-refractivity contribution in [3.05, 3.63) is 36.2 Å². The van der Waals surface area contributed by atoms with Gasteiger partial charge in [0.25, 0.3) is 5.91 Å². The number of aromatic nitrogens is 4. The molecular weight excluding hydrogens is 356 g/mol. The van der Waals surface area contributed by atoms with Crippen molar-refractivity contribution in [3.63, 3.8) is 0 Å². The number of hydrogen-bond acceptors (Lipinski definition) is 8. The van der Waals surface area contributed by atoms with Crippen LogP contribution < -0.4 is 9.80 Å². The monoisotopic (exact) mass is 382 g/mol. The molecule has 2 aliphatic heterocycles. The molecule has 2 saturated heterocycles. The molecule has 0 saturated carbocycles. The summed E-state index contributed by atoms with van der Waals surface area (Å²) in [6, 6.07) is 1.83. The molecule has 0 N–H and O–H groups in total. The van der Waals surface area contributed by atoms with Crippen LogP contribution in [0.5, 0.6) is 0 Å². The van der Waals surface area contributed by atoms with Gasteiger partial charge in [-0.15, -0.1) is 0 Å². The van der Waals surface area contributed by atoms with Crippen LogP contribution in [0.4, 0.5) is 11.6 Å². The quantitative estimate of drug-likeness (QED) is 0.749. The molecule has 28 heavy (non-hydrogen) atoms. The molecule has 0 bridgehead atoms. The van der Waals surface area contributed by atoms with Gasteiger partial charge >= 0.3 is 0 Å². The van der Waals surface area contributed by atoms with E-state index in [-0.39, 0.29) is 5.91 Å². The minimum Gasteiger partial charge on any atom is -0.354 e. The number of rotatable bonds is 3. The normalized spacial score (nSPS) is 18.4. The maximum atomic E-state index is 13.0. The van der Waals surface area contributed by atoms with Crippen molar-refractivity contribution in [1.82, 2.24) is 29.7 Å². The number of carbonyl (C=O) groups is 1. The molecule has 0 atom stereocenters. The molecule has 0 unspecified atom stereocenters. The van der Waals surface area contributed by atoms with E-state index >= 15 is 0 Å². The average Bonchev–Trinajstić information content (AvgIpc) is 2.74. The number of anilines is 2. The predicted molar refractivity (Wildman–Crippen MR) is 107 cm³/mol. The lowest BCUT2D eigenvalue weighted by molar-refractivity contribution is 0.0740. The summed E-state index contributed by atoms with van der Waals surface area (Å²) in [4.78, 5) is 38.6. The summed E-state index contributed by atoms with van der Waals surface area (Å²) >= 11 is 0. The summed E-state index contributed by atoms with van der Waals surface area (Å²) in [5, 5.41) is 0. The fourth-order valence-corrected chi connectivity index (χ4v) is 3.68. The summed E-state index contributed by atoms with van der Waals surface area (Å²) in [5.74, 6) is 1.75. The van der Waals surface area contributed by atoms with Crippen molar-refractivity contribution in [2.75, 3.05) is 69.2 Å². The Kier molecular flexibility index (Phi) is 5.34. The number of aryl methyl sites for hydroxylation is 1. The highest BCUT2D eigenvalue weighted by Crippen LogP contribution is 2.19. The summed E-state index contributed by atoms with van der Waals surface area (Å²) < 4.78 is 0. The van der Waals surface area contributed by atoms with Gasteiger partial charge in [0.15, 0.2) is 0 Å². The average molecular weight is 382 g/mol. The van der Waals surface area contributed by atoms with Crippen molar-refractivity contribution < 1.29 is 4.79 Å². The maximum absolute atomic E-state index is 13.0. The van der Waals surface area contributed by atoms with Crippen LogP contribution in [0.2, 0.25) is 0 Å². The van der Waals surface area contributed by atoms with E-state index in [2.05, 4.69) is 41.7 Å². The molecule has 0 aromatic carbocycles. The van der Waals surface area contributed by atoms with Crippen LogP contribution in [0.1, 0.15) is 16.1 Å². The molecule has 2 fully saturated rings. The second kappa shape index (κ2) is 8.05. The molecule has 9 heteroatoms. The second-order valence-corrected chi connectivity index (χ2v) is 7.36. The Morgan fingerprint density at radius 1 is 0.893 bits per heavy atom. The smallest absolute Gasteiger partial charge is 0.272 e. The zero-order valence-electron chi connectivity index (χ0n) is 16.5. The first-order valence-corrected chi connectivity index (χ1v) is 9.68. The fourth-order valence-electron chi connectivity index (χ4n) is 3.68. The Bertz CT molecular complexity index is 828. The Morgan fingerprint density at radius 2 is 1.61 bits per heavy atom. The third-order valence-corrected chi connectivity index (χ3v) is 5.43. The number of amides is 1. The summed E-state index contributed by atoms with van der Waals surface area (Å²) in [6.07, 6.45) is 4.89. The third kappa shape index (κ3) is 3.89. The lowest BCUT2D eigenvalue weighted by Crippen LogP contribution is -2.49. The van der Waals surface area contributed by atoms with E-state index in [0.717, 1.165) is 56.5 Å². The number of hydrogen-bond donors (Lipinski definition) is 0. The Morgan fingerprint density at radius 3 is 2.32 bits per heavy atom. The Balaban J connectivity index is 1.40. The van der Waals surface area contributed by atoms with Gasteiger partial charge in [0.05, 0.1) is 0 Å². The van der Waals surface area contributed by atoms with Crippen molar-refractivity contribution in [1.29, 1.82) is 0 Å². The van der Waals surface area contributed by atoms with E-state index in [9.17, 15) is 4.79 Å². The highest BCUT2D eigenvalue weighted by atomic mass is 16.2. The molecule has 9 nitrogen and oxygen atoms in total. The van der Waals surface area contributed by atoms with E-state index < -0.39 is 0 Å². The predicted octanol–water partition coefficient (Wildman–Crippen LogP) is 0.289. The van der Waals surface area contributed by atoms with Gasteiger partial charge in [0.2, 0.25) is 0 Å². The van der Waals surface area contributed by atoms with E-state index in [1.165, 1.54) is 6.33 Å². The van der Waals surface area contributed by atoms with Crippen LogP contribution in [-0.2, 0) is 0 Å². The van der Waals surface area contributed by atoms with Gasteiger partial charge in [-0.2, -0.15) is 0 Å². The minimum absolute atomic E-state index is 0.0307. The molecule has 148 valence electrons. The number of likely N-dealkylation sites (N-methyl/N-ethyl adjacent to an activating group) is 1. The van der Waals surface area contributed by atoms with Crippen LogP contribution in [-0.4, -0.2) is 95.0 Å². The first-order valence-electron chi connectivity index (χ1n) is 9.68. The molecule has 0 aliphatic carbocycles. The number of carbonyl (C=O) groups excluding carboxylic acids is 1. The highest BCUT2D eigenvalue weighted by Gasteiger charge is 2.25. The van der Waals surface area contributed by atoms with Crippen molar-refractivity contribution in [2.24, 2.45) is 0 Å². The topological polar surface area (TPSA) is 81.6 Å². The second-order valence-electron chi connectivity index (χ2n) is 7.36. The first kappa shape index (κ1) is 18.5. The van der Waals surface area contributed by atoms with Crippen LogP contribution in [0.15, 0.2) is 24.9 Å². The number of piperazine rings is 2. The molecule has 4 heterocycles. The third-order valence-electron chi connectivity index (χ3n) is 5.43. The van der Waals surface area contributed by atoms with Gasteiger partial charge < -0.3 is 19.6 Å². The zero-order chi connectivity index (χ0) is 19.5. The SMILES string of the molecule is Cc1cncnc1N1CCN(C(=O)c2cc(N3CCN(C)CC3)ncn2)CC1. The van der Waals surface area contributed by atoms with Crippen molar-refractivity contribution >= 4 is 17.5 Å². The molecule has 0 spiro atoms. The van der Waals surface area contributed by atoms with Gasteiger partial charge in [0.1, 0.15) is 30.0 Å². The largest absolute Gasteiger partial charge is 0.354 e. The van der Waals surface area contributed by atoms with Crippen LogP contribution in [0.25, 0.3) is 0 Å². The Hall–Kier alpha value is -2.81. The fraction of sp³-hybridized carbons (Fsp3) is 0.526. The molecule has 2 aliphatic rings. The highest BCUT2D eigenvalue weighted by molar-refractivity contribution is 5.93. The lowest BCUT2D eigenvalue weighted by Gasteiger charge is -2.36. The number of nitrogens with zero attached hydrogens (tertiary/aromatic N) is 8. The van der Waals surface area contributed by atoms with Gasteiger partial charge in [-0.1, -0.05) is 0 Å². The van der Waals surface area contributed by atoms with Crippen LogP contribution in [0.3, 0.4) is 0 Å². The van der Waals surface area contributed by atoms with Crippen LogP contribution in [0, 0.1) is 6.92 Å². The lowest BCUT2D eigenvalue weighted by atomic mass is 10.2. The molecule has 4 rings (SSSR count). The summed E-state index contributed by atoms with van der Waals surface area (Å²) in [6.45, 7) is 8.63. The summed E-state index contributed by atoms with van der Waals surface area (Å²) in [7, 11) is 2.12. The first-order chi connectivity index (χ1) is 13.6. The van der Waals surface area contributed by atoms with Gasteiger partial charge in [0, 0.05) is 70.2 Å². The molecule has 0 radical (unpaired) electrons. The van der Waals surface area contributed by atoms with Crippen molar-refractivity contribution in [2.45, 2.75) is 6.92 Å². The molecule has 1 amide bonds. The van der Waals surface area contributed by atoms with Gasteiger partial charge in [-0.25, -0.2) is 19.9 Å². The van der Waals surface area contributed by atoms with Gasteiger partial charge in [-0.05, 0) is 14.0 Å². The molecule has 2 aromatic heterocycles. The van der Waals surface area contributed by atoms with Crippen LogP contribution >= 0.6 is 0 Å². The van der Waals surface area contributed by atoms with E-state index in [0.29, 0.717) is 18.8 Å². The Labute approximate surface area is 165 Å². The standard InChI is InChI=1S/C19H26N8O/c1-15-12-20-13-23-18(15)26-7-9-27(10-8-26)19(28)16-11-17(22-14-21-16)25-5-3-24(2)4-6-25/h11-14H,3-10H2,1-2H3. The summed E-state index contributed by atoms with van der Waals surface area (Å²) in [5.41, 5.74) is 1.52. The molecule has 2 aromatic rings.